The summed E-state index contributed by atoms with van der Waals surface area (Å²) in [5, 5.41) is 0. The van der Waals surface area contributed by atoms with E-state index in [4.69, 9.17) is 17.2 Å². The highest BCUT2D eigenvalue weighted by Gasteiger charge is 2.19. The maximum atomic E-state index is 6.58. The normalized spacial score (nSPS) is 13.4. The molecule has 3 aromatic carbocycles. The highest BCUT2D eigenvalue weighted by Crippen LogP contribution is 2.38. The lowest BCUT2D eigenvalue weighted by Crippen LogP contribution is -2.09. The molecule has 6 N–H and O–H groups in total. The average Bonchev–Trinajstić information content (AvgIpc) is 2.62. The maximum Gasteiger partial charge on any atom is 0.0391 e. The van der Waals surface area contributed by atoms with Gasteiger partial charge in [-0.1, -0.05) is 68.4 Å². The van der Waals surface area contributed by atoms with Gasteiger partial charge in [0.2, 0.25) is 0 Å². The Kier molecular flexibility index (Phi) is 4.66. The molecule has 3 rings (SSSR count). The molecule has 0 heterocycles. The van der Waals surface area contributed by atoms with Crippen molar-refractivity contribution in [3.8, 4) is 0 Å². The molecule has 3 nitrogen and oxygen atoms in total. The van der Waals surface area contributed by atoms with Crippen molar-refractivity contribution in [1.29, 1.82) is 0 Å². The second-order valence-electron chi connectivity index (χ2n) is 6.55. The zero-order valence-corrected chi connectivity index (χ0v) is 14.7. The maximum absolute atomic E-state index is 6.58. The summed E-state index contributed by atoms with van der Waals surface area (Å²) >= 11 is 0. The summed E-state index contributed by atoms with van der Waals surface area (Å²) in [5.41, 5.74) is 25.7. The molecule has 0 bridgehead atoms. The first kappa shape index (κ1) is 16.9. The standard InChI is InChI=1S/C22H25N3/c1-14(16-8-3-5-12-20(16)23)18-10-7-11-19(22(18)25)15(2)17-9-4-6-13-21(17)24/h3-15H,23-25H2,1-2H3. The first-order valence-corrected chi connectivity index (χ1v) is 8.57. The number of hydrogen-bond donors (Lipinski definition) is 3. The van der Waals surface area contributed by atoms with Crippen LogP contribution in [0.2, 0.25) is 0 Å². The van der Waals surface area contributed by atoms with Crippen molar-refractivity contribution in [2.75, 3.05) is 17.2 Å². The van der Waals surface area contributed by atoms with Crippen LogP contribution in [-0.2, 0) is 0 Å². The van der Waals surface area contributed by atoms with E-state index in [9.17, 15) is 0 Å². The molecule has 0 aromatic heterocycles. The van der Waals surface area contributed by atoms with Gasteiger partial charge in [-0.15, -0.1) is 0 Å². The van der Waals surface area contributed by atoms with Gasteiger partial charge in [-0.05, 0) is 34.4 Å². The Labute approximate surface area is 149 Å². The Morgan fingerprint density at radius 2 is 0.880 bits per heavy atom. The third-order valence-corrected chi connectivity index (χ3v) is 5.03. The predicted molar refractivity (Wildman–Crippen MR) is 108 cm³/mol. The van der Waals surface area contributed by atoms with Gasteiger partial charge in [0.25, 0.3) is 0 Å². The summed E-state index contributed by atoms with van der Waals surface area (Å²) in [4.78, 5) is 0. The summed E-state index contributed by atoms with van der Waals surface area (Å²) < 4.78 is 0. The second kappa shape index (κ2) is 6.89. The Balaban J connectivity index is 2.04. The molecule has 0 spiro atoms. The molecule has 0 aliphatic carbocycles. The lowest BCUT2D eigenvalue weighted by molar-refractivity contribution is 0.896. The molecule has 3 aromatic rings. The lowest BCUT2D eigenvalue weighted by atomic mass is 9.85. The van der Waals surface area contributed by atoms with Crippen LogP contribution in [0, 0.1) is 0 Å². The van der Waals surface area contributed by atoms with Gasteiger partial charge >= 0.3 is 0 Å². The molecule has 0 saturated heterocycles. The van der Waals surface area contributed by atoms with E-state index in [0.29, 0.717) is 0 Å². The van der Waals surface area contributed by atoms with E-state index in [0.717, 1.165) is 39.3 Å². The van der Waals surface area contributed by atoms with Crippen LogP contribution in [0.1, 0.15) is 47.9 Å². The van der Waals surface area contributed by atoms with Crippen LogP contribution in [0.25, 0.3) is 0 Å². The third kappa shape index (κ3) is 3.18. The van der Waals surface area contributed by atoms with Crippen molar-refractivity contribution >= 4 is 17.1 Å². The zero-order chi connectivity index (χ0) is 18.0. The van der Waals surface area contributed by atoms with Gasteiger partial charge in [0.15, 0.2) is 0 Å². The summed E-state index contributed by atoms with van der Waals surface area (Å²) in [5.74, 6) is 0.253. The van der Waals surface area contributed by atoms with Crippen LogP contribution in [-0.4, -0.2) is 0 Å². The van der Waals surface area contributed by atoms with Gasteiger partial charge in [-0.2, -0.15) is 0 Å². The lowest BCUT2D eigenvalue weighted by Gasteiger charge is -2.22. The highest BCUT2D eigenvalue weighted by molar-refractivity contribution is 5.64. The zero-order valence-electron chi connectivity index (χ0n) is 14.7. The SMILES string of the molecule is CC(c1ccccc1N)c1cccc(C(C)c2ccccc2N)c1N. The Bertz CT molecular complexity index is 816. The molecule has 0 radical (unpaired) electrons. The van der Waals surface area contributed by atoms with Crippen LogP contribution < -0.4 is 17.2 Å². The van der Waals surface area contributed by atoms with E-state index in [2.05, 4.69) is 44.2 Å². The number of benzene rings is 3. The molecule has 0 aliphatic rings. The van der Waals surface area contributed by atoms with Crippen molar-refractivity contribution < 1.29 is 0 Å². The number of nitrogens with two attached hydrogens (primary N) is 3. The van der Waals surface area contributed by atoms with Gasteiger partial charge in [-0.25, -0.2) is 0 Å². The molecule has 2 unspecified atom stereocenters. The van der Waals surface area contributed by atoms with Gasteiger partial charge in [0.05, 0.1) is 0 Å². The quantitative estimate of drug-likeness (QED) is 0.604. The highest BCUT2D eigenvalue weighted by atomic mass is 14.6. The minimum atomic E-state index is 0.126. The Morgan fingerprint density at radius 1 is 0.520 bits per heavy atom. The van der Waals surface area contributed by atoms with Crippen LogP contribution in [0.3, 0.4) is 0 Å². The van der Waals surface area contributed by atoms with E-state index in [1.54, 1.807) is 0 Å². The summed E-state index contributed by atoms with van der Waals surface area (Å²) in [6.07, 6.45) is 0. The van der Waals surface area contributed by atoms with Gasteiger partial charge in [-0.3, -0.25) is 0 Å². The minimum Gasteiger partial charge on any atom is -0.398 e. The van der Waals surface area contributed by atoms with Crippen LogP contribution >= 0.6 is 0 Å². The third-order valence-electron chi connectivity index (χ3n) is 5.03. The van der Waals surface area contributed by atoms with Gasteiger partial charge in [0, 0.05) is 28.9 Å². The molecular weight excluding hydrogens is 306 g/mol. The van der Waals surface area contributed by atoms with Crippen molar-refractivity contribution in [1.82, 2.24) is 0 Å². The summed E-state index contributed by atoms with van der Waals surface area (Å²) in [6, 6.07) is 22.1. The molecule has 2 atom stereocenters. The summed E-state index contributed by atoms with van der Waals surface area (Å²) in [7, 11) is 0. The topological polar surface area (TPSA) is 78.1 Å². The molecule has 128 valence electrons. The molecule has 3 heteroatoms. The first-order chi connectivity index (χ1) is 12.0. The van der Waals surface area contributed by atoms with E-state index in [1.807, 2.05) is 36.4 Å². The fourth-order valence-electron chi connectivity index (χ4n) is 3.50. The average molecular weight is 331 g/mol. The smallest absolute Gasteiger partial charge is 0.0391 e. The number of hydrogen-bond acceptors (Lipinski definition) is 3. The fourth-order valence-corrected chi connectivity index (χ4v) is 3.50. The molecule has 25 heavy (non-hydrogen) atoms. The number of para-hydroxylation sites is 3. The minimum absolute atomic E-state index is 0.126. The molecule has 0 amide bonds. The van der Waals surface area contributed by atoms with E-state index < -0.39 is 0 Å². The molecule has 0 fully saturated rings. The van der Waals surface area contributed by atoms with Crippen molar-refractivity contribution in [2.24, 2.45) is 0 Å². The van der Waals surface area contributed by atoms with E-state index >= 15 is 0 Å². The number of anilines is 3. The van der Waals surface area contributed by atoms with Crippen LogP contribution in [0.4, 0.5) is 17.1 Å². The number of nitrogen functional groups attached to an aromatic ring is 3. The van der Waals surface area contributed by atoms with Crippen LogP contribution in [0.5, 0.6) is 0 Å². The fraction of sp³-hybridized carbons (Fsp3) is 0.182. The van der Waals surface area contributed by atoms with E-state index in [-0.39, 0.29) is 11.8 Å². The Hall–Kier alpha value is -2.94. The van der Waals surface area contributed by atoms with Crippen molar-refractivity contribution in [3.05, 3.63) is 89.0 Å². The molecule has 0 aliphatic heterocycles. The second-order valence-corrected chi connectivity index (χ2v) is 6.55. The molecule has 0 saturated carbocycles. The van der Waals surface area contributed by atoms with Gasteiger partial charge in [0.1, 0.15) is 0 Å². The van der Waals surface area contributed by atoms with Gasteiger partial charge < -0.3 is 17.2 Å². The van der Waals surface area contributed by atoms with Crippen LogP contribution in [0.15, 0.2) is 66.7 Å². The number of rotatable bonds is 4. The predicted octanol–water partition coefficient (Wildman–Crippen LogP) is 4.74. The van der Waals surface area contributed by atoms with Crippen molar-refractivity contribution in [3.63, 3.8) is 0 Å². The summed E-state index contributed by atoms with van der Waals surface area (Å²) in [6.45, 7) is 4.28. The van der Waals surface area contributed by atoms with E-state index in [1.165, 1.54) is 0 Å². The largest absolute Gasteiger partial charge is 0.398 e. The monoisotopic (exact) mass is 331 g/mol. The molecular formula is C22H25N3. The van der Waals surface area contributed by atoms with Crippen molar-refractivity contribution in [2.45, 2.75) is 25.7 Å². The first-order valence-electron chi connectivity index (χ1n) is 8.57. The Morgan fingerprint density at radius 3 is 1.28 bits per heavy atom.